The third-order valence-electron chi connectivity index (χ3n) is 5.24. The number of pyridine rings is 1. The van der Waals surface area contributed by atoms with Crippen molar-refractivity contribution in [2.45, 2.75) is 25.5 Å². The van der Waals surface area contributed by atoms with Gasteiger partial charge in [-0.05, 0) is 6.07 Å². The molecule has 1 saturated heterocycles. The quantitative estimate of drug-likeness (QED) is 0.809. The summed E-state index contributed by atoms with van der Waals surface area (Å²) < 4.78 is 16.1. The van der Waals surface area contributed by atoms with Gasteiger partial charge in [0.2, 0.25) is 11.8 Å². The SMILES string of the molecule is COC(=O)N1CC[C@H](Oc2ncnc3c2CN(c2cnc(OC)c(N)c2)CC3)C1. The van der Waals surface area contributed by atoms with Gasteiger partial charge in [-0.25, -0.2) is 19.7 Å². The molecule has 2 aliphatic rings. The molecule has 4 heterocycles. The molecule has 2 aliphatic heterocycles. The van der Waals surface area contributed by atoms with Gasteiger partial charge in [-0.1, -0.05) is 0 Å². The van der Waals surface area contributed by atoms with Gasteiger partial charge in [0.1, 0.15) is 12.4 Å². The summed E-state index contributed by atoms with van der Waals surface area (Å²) in [7, 11) is 2.92. The molecular weight excluding hydrogens is 376 g/mol. The van der Waals surface area contributed by atoms with E-state index in [2.05, 4.69) is 19.9 Å². The highest BCUT2D eigenvalue weighted by Crippen LogP contribution is 2.31. The normalized spacial score (nSPS) is 18.3. The fourth-order valence-electron chi connectivity index (χ4n) is 3.72. The number of aromatic nitrogens is 3. The van der Waals surface area contributed by atoms with E-state index in [-0.39, 0.29) is 12.2 Å². The van der Waals surface area contributed by atoms with Gasteiger partial charge in [-0.2, -0.15) is 0 Å². The van der Waals surface area contributed by atoms with E-state index in [0.29, 0.717) is 37.1 Å². The van der Waals surface area contributed by atoms with Crippen molar-refractivity contribution in [3.05, 3.63) is 29.8 Å². The van der Waals surface area contributed by atoms with Gasteiger partial charge in [0.05, 0.1) is 56.1 Å². The second kappa shape index (κ2) is 7.98. The van der Waals surface area contributed by atoms with Gasteiger partial charge in [0.15, 0.2) is 0 Å². The average molecular weight is 400 g/mol. The number of rotatable bonds is 4. The summed E-state index contributed by atoms with van der Waals surface area (Å²) >= 11 is 0. The Kier molecular flexibility index (Phi) is 5.24. The molecule has 1 atom stereocenters. The topological polar surface area (TPSA) is 116 Å². The van der Waals surface area contributed by atoms with E-state index in [9.17, 15) is 4.79 Å². The maximum atomic E-state index is 11.7. The number of amides is 1. The van der Waals surface area contributed by atoms with Crippen LogP contribution in [0.25, 0.3) is 0 Å². The van der Waals surface area contributed by atoms with Gasteiger partial charge >= 0.3 is 6.09 Å². The minimum atomic E-state index is -0.336. The van der Waals surface area contributed by atoms with Crippen molar-refractivity contribution in [3.8, 4) is 11.8 Å². The number of methoxy groups -OCH3 is 2. The van der Waals surface area contributed by atoms with Crippen LogP contribution in [0.15, 0.2) is 18.6 Å². The second-order valence-corrected chi connectivity index (χ2v) is 7.01. The van der Waals surface area contributed by atoms with Gasteiger partial charge < -0.3 is 29.7 Å². The van der Waals surface area contributed by atoms with Crippen LogP contribution in [0.3, 0.4) is 0 Å². The zero-order valence-corrected chi connectivity index (χ0v) is 16.5. The van der Waals surface area contributed by atoms with Crippen molar-refractivity contribution < 1.29 is 19.0 Å². The van der Waals surface area contributed by atoms with Crippen LogP contribution in [0.5, 0.6) is 11.8 Å². The lowest BCUT2D eigenvalue weighted by Gasteiger charge is -2.31. The molecule has 10 heteroatoms. The summed E-state index contributed by atoms with van der Waals surface area (Å²) in [6, 6.07) is 1.85. The van der Waals surface area contributed by atoms with Crippen LogP contribution in [0.1, 0.15) is 17.7 Å². The Balaban J connectivity index is 1.51. The number of ether oxygens (including phenoxy) is 3. The van der Waals surface area contributed by atoms with E-state index >= 15 is 0 Å². The molecule has 2 N–H and O–H groups in total. The molecule has 154 valence electrons. The van der Waals surface area contributed by atoms with Crippen LogP contribution >= 0.6 is 0 Å². The molecule has 0 spiro atoms. The molecule has 2 aromatic heterocycles. The van der Waals surface area contributed by atoms with Crippen molar-refractivity contribution in [2.75, 3.05) is 44.5 Å². The lowest BCUT2D eigenvalue weighted by Crippen LogP contribution is -2.33. The first kappa shape index (κ1) is 19.0. The van der Waals surface area contributed by atoms with E-state index < -0.39 is 0 Å². The number of hydrogen-bond acceptors (Lipinski definition) is 9. The second-order valence-electron chi connectivity index (χ2n) is 7.01. The molecule has 0 aromatic carbocycles. The van der Waals surface area contributed by atoms with Crippen molar-refractivity contribution in [1.82, 2.24) is 19.9 Å². The molecule has 1 amide bonds. The molecule has 4 rings (SSSR count). The number of nitrogen functional groups attached to an aromatic ring is 1. The molecule has 1 fully saturated rings. The highest BCUT2D eigenvalue weighted by atomic mass is 16.5. The standard InChI is InChI=1S/C19H24N6O4/c1-27-18-15(20)7-12(8-21-18)24-6-4-16-14(10-24)17(23-11-22-16)29-13-3-5-25(9-13)19(26)28-2/h7-8,11,13H,3-6,9-10,20H2,1-2H3/t13-/m0/s1. The summed E-state index contributed by atoms with van der Waals surface area (Å²) in [6.45, 7) is 2.46. The summed E-state index contributed by atoms with van der Waals surface area (Å²) in [4.78, 5) is 28.6. The molecule has 0 aliphatic carbocycles. The summed E-state index contributed by atoms with van der Waals surface area (Å²) in [5, 5.41) is 0. The number of carbonyl (C=O) groups excluding carboxylic acids is 1. The monoisotopic (exact) mass is 400 g/mol. The number of fused-ring (bicyclic) bond motifs is 1. The number of anilines is 2. The number of hydrogen-bond donors (Lipinski definition) is 1. The Morgan fingerprint density at radius 2 is 2.07 bits per heavy atom. The zero-order valence-electron chi connectivity index (χ0n) is 16.5. The minimum Gasteiger partial charge on any atom is -0.480 e. The fraction of sp³-hybridized carbons (Fsp3) is 0.474. The number of nitrogens with zero attached hydrogens (tertiary/aromatic N) is 5. The first-order valence-electron chi connectivity index (χ1n) is 9.45. The maximum Gasteiger partial charge on any atom is 0.409 e. The van der Waals surface area contributed by atoms with E-state index in [1.54, 1.807) is 18.2 Å². The lowest BCUT2D eigenvalue weighted by molar-refractivity contribution is 0.125. The van der Waals surface area contributed by atoms with Crippen molar-refractivity contribution >= 4 is 17.5 Å². The first-order chi connectivity index (χ1) is 14.1. The highest BCUT2D eigenvalue weighted by molar-refractivity contribution is 5.67. The Morgan fingerprint density at radius 3 is 2.83 bits per heavy atom. The smallest absolute Gasteiger partial charge is 0.409 e. The molecule has 29 heavy (non-hydrogen) atoms. The molecular formula is C19H24N6O4. The Hall–Kier alpha value is -3.30. The largest absolute Gasteiger partial charge is 0.480 e. The van der Waals surface area contributed by atoms with E-state index in [1.807, 2.05) is 6.07 Å². The summed E-state index contributed by atoms with van der Waals surface area (Å²) in [5.41, 5.74) is 9.33. The van der Waals surface area contributed by atoms with Crippen molar-refractivity contribution in [2.24, 2.45) is 0 Å². The van der Waals surface area contributed by atoms with E-state index in [0.717, 1.165) is 36.3 Å². The van der Waals surface area contributed by atoms with Crippen LogP contribution in [0.2, 0.25) is 0 Å². The first-order valence-corrected chi connectivity index (χ1v) is 9.45. The summed E-state index contributed by atoms with van der Waals surface area (Å²) in [6.07, 6.45) is 4.31. The Morgan fingerprint density at radius 1 is 1.21 bits per heavy atom. The maximum absolute atomic E-state index is 11.7. The minimum absolute atomic E-state index is 0.123. The number of nitrogens with two attached hydrogens (primary N) is 1. The number of carbonyl (C=O) groups is 1. The molecule has 0 radical (unpaired) electrons. The van der Waals surface area contributed by atoms with Gasteiger partial charge in [0.25, 0.3) is 0 Å². The third-order valence-corrected chi connectivity index (χ3v) is 5.24. The highest BCUT2D eigenvalue weighted by Gasteiger charge is 2.30. The van der Waals surface area contributed by atoms with Crippen LogP contribution in [-0.4, -0.2) is 65.9 Å². The van der Waals surface area contributed by atoms with Gasteiger partial charge in [-0.3, -0.25) is 0 Å². The number of likely N-dealkylation sites (tertiary alicyclic amines) is 1. The molecule has 0 unspecified atom stereocenters. The van der Waals surface area contributed by atoms with Crippen LogP contribution < -0.4 is 20.1 Å². The predicted molar refractivity (Wildman–Crippen MR) is 105 cm³/mol. The Labute approximate surface area is 168 Å². The van der Waals surface area contributed by atoms with Crippen LogP contribution in [-0.2, 0) is 17.7 Å². The van der Waals surface area contributed by atoms with Gasteiger partial charge in [-0.15, -0.1) is 0 Å². The van der Waals surface area contributed by atoms with E-state index in [4.69, 9.17) is 19.9 Å². The van der Waals surface area contributed by atoms with Crippen LogP contribution in [0, 0.1) is 0 Å². The van der Waals surface area contributed by atoms with E-state index in [1.165, 1.54) is 13.4 Å². The average Bonchev–Trinajstić information content (AvgIpc) is 3.21. The molecule has 2 aromatic rings. The molecule has 10 nitrogen and oxygen atoms in total. The zero-order chi connectivity index (χ0) is 20.4. The molecule has 0 bridgehead atoms. The summed E-state index contributed by atoms with van der Waals surface area (Å²) in [5.74, 6) is 0.973. The van der Waals surface area contributed by atoms with Crippen molar-refractivity contribution in [1.29, 1.82) is 0 Å². The third kappa shape index (κ3) is 3.82. The van der Waals surface area contributed by atoms with Crippen LogP contribution in [0.4, 0.5) is 16.2 Å². The van der Waals surface area contributed by atoms with Gasteiger partial charge in [0, 0.05) is 25.9 Å². The lowest BCUT2D eigenvalue weighted by atomic mass is 10.1. The fourth-order valence-corrected chi connectivity index (χ4v) is 3.72. The van der Waals surface area contributed by atoms with Crippen molar-refractivity contribution in [3.63, 3.8) is 0 Å². The molecule has 0 saturated carbocycles. The Bertz CT molecular complexity index is 908. The predicted octanol–water partition coefficient (Wildman–Crippen LogP) is 1.24.